The maximum atomic E-state index is 9.46. The summed E-state index contributed by atoms with van der Waals surface area (Å²) in [7, 11) is 0. The van der Waals surface area contributed by atoms with Gasteiger partial charge in [-0.1, -0.05) is 6.07 Å². The van der Waals surface area contributed by atoms with Crippen molar-refractivity contribution in [1.82, 2.24) is 10.2 Å². The molecule has 1 saturated carbocycles. The fourth-order valence-electron chi connectivity index (χ4n) is 2.85. The van der Waals surface area contributed by atoms with E-state index in [1.54, 1.807) is 12.1 Å². The predicted octanol–water partition coefficient (Wildman–Crippen LogP) is 1.81. The summed E-state index contributed by atoms with van der Waals surface area (Å²) in [6, 6.07) is 6.48. The van der Waals surface area contributed by atoms with Crippen LogP contribution >= 0.6 is 0 Å². The van der Waals surface area contributed by atoms with Gasteiger partial charge in [0.05, 0.1) is 0 Å². The standard InChI is InChI=1S/C15H22N2O2/c18-14-4-1-11(9-15(14)19)10-16-12-5-7-17(8-6-12)13-2-3-13/h1,4,9,12-13,16,18-19H,2-3,5-8,10H2. The summed E-state index contributed by atoms with van der Waals surface area (Å²) in [4.78, 5) is 2.62. The summed E-state index contributed by atoms with van der Waals surface area (Å²) < 4.78 is 0. The van der Waals surface area contributed by atoms with Gasteiger partial charge in [0, 0.05) is 18.6 Å². The number of rotatable bonds is 4. The average molecular weight is 262 g/mol. The molecule has 0 aromatic heterocycles. The van der Waals surface area contributed by atoms with Crippen LogP contribution in [0.5, 0.6) is 11.5 Å². The minimum atomic E-state index is -0.0542. The van der Waals surface area contributed by atoms with E-state index in [9.17, 15) is 10.2 Å². The topological polar surface area (TPSA) is 55.7 Å². The Morgan fingerprint density at radius 1 is 1.05 bits per heavy atom. The van der Waals surface area contributed by atoms with Crippen LogP contribution in [0.15, 0.2) is 18.2 Å². The second-order valence-corrected chi connectivity index (χ2v) is 5.75. The summed E-state index contributed by atoms with van der Waals surface area (Å²) in [5.41, 5.74) is 1.01. The fourth-order valence-corrected chi connectivity index (χ4v) is 2.85. The number of hydrogen-bond acceptors (Lipinski definition) is 4. The summed E-state index contributed by atoms with van der Waals surface area (Å²) in [5.74, 6) is -0.0932. The summed E-state index contributed by atoms with van der Waals surface area (Å²) in [5, 5.41) is 22.3. The molecule has 3 N–H and O–H groups in total. The van der Waals surface area contributed by atoms with Crippen LogP contribution in [0.4, 0.5) is 0 Å². The third-order valence-electron chi connectivity index (χ3n) is 4.23. The molecule has 3 rings (SSSR count). The number of phenols is 2. The highest BCUT2D eigenvalue weighted by Crippen LogP contribution is 2.29. The van der Waals surface area contributed by atoms with Gasteiger partial charge in [0.1, 0.15) is 0 Å². The molecule has 104 valence electrons. The highest BCUT2D eigenvalue weighted by Gasteiger charge is 2.31. The molecule has 0 atom stereocenters. The highest BCUT2D eigenvalue weighted by molar-refractivity contribution is 5.40. The van der Waals surface area contributed by atoms with Gasteiger partial charge in [-0.05, 0) is 56.5 Å². The lowest BCUT2D eigenvalue weighted by molar-refractivity contribution is 0.189. The van der Waals surface area contributed by atoms with Crippen LogP contribution in [0, 0.1) is 0 Å². The van der Waals surface area contributed by atoms with Crippen molar-refractivity contribution in [2.45, 2.75) is 44.3 Å². The van der Waals surface area contributed by atoms with Crippen LogP contribution in [0.3, 0.4) is 0 Å². The lowest BCUT2D eigenvalue weighted by atomic mass is 10.0. The molecule has 1 aromatic carbocycles. The van der Waals surface area contributed by atoms with Gasteiger partial charge in [-0.25, -0.2) is 0 Å². The normalized spacial score (nSPS) is 21.7. The molecule has 0 bridgehead atoms. The molecule has 1 aliphatic carbocycles. The van der Waals surface area contributed by atoms with Crippen molar-refractivity contribution in [2.24, 2.45) is 0 Å². The number of nitrogens with one attached hydrogen (secondary N) is 1. The van der Waals surface area contributed by atoms with Crippen molar-refractivity contribution >= 4 is 0 Å². The Bertz CT molecular complexity index is 438. The van der Waals surface area contributed by atoms with Gasteiger partial charge in [-0.15, -0.1) is 0 Å². The molecule has 0 amide bonds. The second-order valence-electron chi connectivity index (χ2n) is 5.75. The number of nitrogens with zero attached hydrogens (tertiary/aromatic N) is 1. The van der Waals surface area contributed by atoms with Gasteiger partial charge in [0.15, 0.2) is 11.5 Å². The zero-order chi connectivity index (χ0) is 13.2. The number of hydrogen-bond donors (Lipinski definition) is 3. The molecule has 0 radical (unpaired) electrons. The van der Waals surface area contributed by atoms with E-state index in [0.717, 1.165) is 18.2 Å². The number of piperidine rings is 1. The first-order valence-electron chi connectivity index (χ1n) is 7.20. The SMILES string of the molecule is Oc1ccc(CNC2CCN(C3CC3)CC2)cc1O. The molecule has 2 aliphatic rings. The molecule has 2 fully saturated rings. The van der Waals surface area contributed by atoms with E-state index in [4.69, 9.17) is 0 Å². The molecule has 1 saturated heterocycles. The lowest BCUT2D eigenvalue weighted by Gasteiger charge is -2.32. The van der Waals surface area contributed by atoms with Gasteiger partial charge in [0.2, 0.25) is 0 Å². The Balaban J connectivity index is 1.45. The van der Waals surface area contributed by atoms with E-state index in [0.29, 0.717) is 6.04 Å². The number of phenolic OH excluding ortho intramolecular Hbond substituents is 2. The molecule has 19 heavy (non-hydrogen) atoms. The van der Waals surface area contributed by atoms with Gasteiger partial charge in [-0.3, -0.25) is 0 Å². The summed E-state index contributed by atoms with van der Waals surface area (Å²) >= 11 is 0. The van der Waals surface area contributed by atoms with Gasteiger partial charge >= 0.3 is 0 Å². The first-order chi connectivity index (χ1) is 9.22. The van der Waals surface area contributed by atoms with Crippen LogP contribution in [0.1, 0.15) is 31.2 Å². The smallest absolute Gasteiger partial charge is 0.157 e. The van der Waals surface area contributed by atoms with E-state index in [1.165, 1.54) is 38.8 Å². The molecular formula is C15H22N2O2. The number of likely N-dealkylation sites (tertiary alicyclic amines) is 1. The van der Waals surface area contributed by atoms with Crippen molar-refractivity contribution in [3.63, 3.8) is 0 Å². The maximum Gasteiger partial charge on any atom is 0.157 e. The minimum Gasteiger partial charge on any atom is -0.504 e. The van der Waals surface area contributed by atoms with E-state index in [-0.39, 0.29) is 11.5 Å². The van der Waals surface area contributed by atoms with Crippen LogP contribution in [0.2, 0.25) is 0 Å². The van der Waals surface area contributed by atoms with Crippen molar-refractivity contribution in [2.75, 3.05) is 13.1 Å². The zero-order valence-corrected chi connectivity index (χ0v) is 11.2. The Labute approximate surface area is 114 Å². The van der Waals surface area contributed by atoms with E-state index in [2.05, 4.69) is 10.2 Å². The molecular weight excluding hydrogens is 240 g/mol. The molecule has 1 aliphatic heterocycles. The van der Waals surface area contributed by atoms with Gasteiger partial charge in [-0.2, -0.15) is 0 Å². The van der Waals surface area contributed by atoms with Crippen molar-refractivity contribution in [3.8, 4) is 11.5 Å². The summed E-state index contributed by atoms with van der Waals surface area (Å²) in [6.07, 6.45) is 5.21. The molecule has 4 heteroatoms. The van der Waals surface area contributed by atoms with Crippen LogP contribution < -0.4 is 5.32 Å². The fraction of sp³-hybridized carbons (Fsp3) is 0.600. The Morgan fingerprint density at radius 2 is 1.79 bits per heavy atom. The molecule has 1 aromatic rings. The van der Waals surface area contributed by atoms with Crippen LogP contribution in [0.25, 0.3) is 0 Å². The molecule has 0 spiro atoms. The van der Waals surface area contributed by atoms with Crippen LogP contribution in [-0.2, 0) is 6.54 Å². The Kier molecular flexibility index (Phi) is 3.62. The largest absolute Gasteiger partial charge is 0.504 e. The van der Waals surface area contributed by atoms with E-state index < -0.39 is 0 Å². The zero-order valence-electron chi connectivity index (χ0n) is 11.2. The van der Waals surface area contributed by atoms with Crippen LogP contribution in [-0.4, -0.2) is 40.3 Å². The van der Waals surface area contributed by atoms with Crippen molar-refractivity contribution in [3.05, 3.63) is 23.8 Å². The Hall–Kier alpha value is -1.26. The second kappa shape index (κ2) is 5.39. The summed E-state index contributed by atoms with van der Waals surface area (Å²) in [6.45, 7) is 3.17. The van der Waals surface area contributed by atoms with E-state index >= 15 is 0 Å². The quantitative estimate of drug-likeness (QED) is 0.724. The van der Waals surface area contributed by atoms with Gasteiger partial charge in [0.25, 0.3) is 0 Å². The third kappa shape index (κ3) is 3.19. The van der Waals surface area contributed by atoms with E-state index in [1.807, 2.05) is 6.07 Å². The first kappa shape index (κ1) is 12.8. The Morgan fingerprint density at radius 3 is 2.42 bits per heavy atom. The number of aromatic hydroxyl groups is 2. The highest BCUT2D eigenvalue weighted by atomic mass is 16.3. The van der Waals surface area contributed by atoms with Gasteiger partial charge < -0.3 is 20.4 Å². The molecule has 1 heterocycles. The average Bonchev–Trinajstić information content (AvgIpc) is 3.25. The molecule has 4 nitrogen and oxygen atoms in total. The minimum absolute atomic E-state index is 0.0390. The first-order valence-corrected chi connectivity index (χ1v) is 7.20. The lowest BCUT2D eigenvalue weighted by Crippen LogP contribution is -2.43. The third-order valence-corrected chi connectivity index (χ3v) is 4.23. The molecule has 0 unspecified atom stereocenters. The monoisotopic (exact) mass is 262 g/mol. The predicted molar refractivity (Wildman–Crippen MR) is 74.2 cm³/mol. The van der Waals surface area contributed by atoms with Crippen molar-refractivity contribution in [1.29, 1.82) is 0 Å². The van der Waals surface area contributed by atoms with Crippen molar-refractivity contribution < 1.29 is 10.2 Å². The maximum absolute atomic E-state index is 9.46. The number of benzene rings is 1.